The first kappa shape index (κ1) is 16.5. The van der Waals surface area contributed by atoms with Crippen molar-refractivity contribution in [1.82, 2.24) is 0 Å². The number of unbranched alkanes of at least 4 members (excludes halogenated alkanes) is 1. The van der Waals surface area contributed by atoms with Gasteiger partial charge < -0.3 is 14.0 Å². The van der Waals surface area contributed by atoms with E-state index in [9.17, 15) is 13.2 Å². The van der Waals surface area contributed by atoms with E-state index in [1.165, 1.54) is 25.1 Å². The van der Waals surface area contributed by atoms with Gasteiger partial charge in [0.15, 0.2) is 5.78 Å². The second-order valence-electron chi connectivity index (χ2n) is 4.32. The van der Waals surface area contributed by atoms with E-state index in [1.807, 2.05) is 0 Å². The van der Waals surface area contributed by atoms with Crippen LogP contribution in [0.4, 0.5) is 0 Å². The number of hydrogen-bond acceptors (Lipinski definition) is 6. The average molecular weight is 302 g/mol. The van der Waals surface area contributed by atoms with Crippen molar-refractivity contribution in [3.05, 3.63) is 23.8 Å². The van der Waals surface area contributed by atoms with Crippen LogP contribution in [0, 0.1) is 0 Å². The van der Waals surface area contributed by atoms with Gasteiger partial charge in [-0.05, 0) is 31.9 Å². The van der Waals surface area contributed by atoms with Crippen molar-refractivity contribution in [2.75, 3.05) is 19.5 Å². The fourth-order valence-electron chi connectivity index (χ4n) is 1.49. The van der Waals surface area contributed by atoms with Gasteiger partial charge in [-0.3, -0.25) is 4.79 Å². The van der Waals surface area contributed by atoms with E-state index < -0.39 is 10.1 Å². The fraction of sp³-hybridized carbons (Fsp3) is 0.462. The first-order valence-corrected chi connectivity index (χ1v) is 7.92. The van der Waals surface area contributed by atoms with Crippen molar-refractivity contribution >= 4 is 15.9 Å². The number of aliphatic hydroxyl groups excluding tert-OH is 1. The molecule has 0 saturated carbocycles. The van der Waals surface area contributed by atoms with Gasteiger partial charge in [0.1, 0.15) is 11.5 Å². The summed E-state index contributed by atoms with van der Waals surface area (Å²) >= 11 is 0. The highest BCUT2D eigenvalue weighted by Crippen LogP contribution is 2.24. The molecule has 0 bridgehead atoms. The Hall–Kier alpha value is -1.60. The second-order valence-corrected chi connectivity index (χ2v) is 5.89. The zero-order chi connectivity index (χ0) is 15.2. The van der Waals surface area contributed by atoms with E-state index in [0.29, 0.717) is 30.8 Å². The Morgan fingerprint density at radius 3 is 2.40 bits per heavy atom. The smallest absolute Gasteiger partial charge is 0.306 e. The van der Waals surface area contributed by atoms with Crippen LogP contribution in [0.3, 0.4) is 0 Å². The van der Waals surface area contributed by atoms with Crippen molar-refractivity contribution in [3.63, 3.8) is 0 Å². The molecule has 112 valence electrons. The summed E-state index contributed by atoms with van der Waals surface area (Å²) in [6.07, 6.45) is 2.19. The molecule has 0 aliphatic heterocycles. The van der Waals surface area contributed by atoms with Crippen LogP contribution in [0.25, 0.3) is 0 Å². The minimum Gasteiger partial charge on any atom is -0.493 e. The predicted molar refractivity (Wildman–Crippen MR) is 73.7 cm³/mol. The quantitative estimate of drug-likeness (QED) is 0.443. The summed E-state index contributed by atoms with van der Waals surface area (Å²) in [7, 11) is -3.67. The van der Waals surface area contributed by atoms with Gasteiger partial charge in [0, 0.05) is 18.2 Å². The molecule has 0 radical (unpaired) electrons. The molecule has 0 amide bonds. The van der Waals surface area contributed by atoms with Crippen molar-refractivity contribution in [2.45, 2.75) is 19.8 Å². The molecule has 0 saturated heterocycles. The topological polar surface area (TPSA) is 89.9 Å². The Kier molecular flexibility index (Phi) is 5.97. The normalized spacial score (nSPS) is 11.2. The summed E-state index contributed by atoms with van der Waals surface area (Å²) in [5, 5.41) is 8.67. The number of aliphatic hydroxyl groups is 1. The molecule has 7 heteroatoms. The average Bonchev–Trinajstić information content (AvgIpc) is 2.32. The van der Waals surface area contributed by atoms with Gasteiger partial charge >= 0.3 is 10.1 Å². The number of Topliss-reactive ketones (excluding diaryl/α,β-unsaturated/α-hetero) is 1. The summed E-state index contributed by atoms with van der Waals surface area (Å²) in [6.45, 7) is 1.81. The number of carbonyl (C=O) groups is 1. The monoisotopic (exact) mass is 302 g/mol. The maximum atomic E-state index is 11.4. The van der Waals surface area contributed by atoms with Crippen molar-refractivity contribution in [2.24, 2.45) is 0 Å². The van der Waals surface area contributed by atoms with Crippen LogP contribution in [-0.2, 0) is 10.1 Å². The minimum atomic E-state index is -3.67. The highest BCUT2D eigenvalue weighted by atomic mass is 32.2. The van der Waals surface area contributed by atoms with E-state index in [4.69, 9.17) is 14.0 Å². The Balaban J connectivity index is 2.90. The molecule has 20 heavy (non-hydrogen) atoms. The van der Waals surface area contributed by atoms with Gasteiger partial charge in [-0.25, -0.2) is 0 Å². The molecule has 6 nitrogen and oxygen atoms in total. The number of ketones is 1. The first-order valence-electron chi connectivity index (χ1n) is 6.11. The highest BCUT2D eigenvalue weighted by Gasteiger charge is 2.10. The number of carbonyl (C=O) groups excluding carboxylic acids is 1. The third-order valence-corrected chi connectivity index (χ3v) is 2.85. The van der Waals surface area contributed by atoms with Crippen LogP contribution in [-0.4, -0.2) is 38.8 Å². The Morgan fingerprint density at radius 2 is 1.85 bits per heavy atom. The lowest BCUT2D eigenvalue weighted by Crippen LogP contribution is -2.07. The zero-order valence-electron chi connectivity index (χ0n) is 11.5. The largest absolute Gasteiger partial charge is 0.493 e. The molecule has 1 aromatic rings. The SMILES string of the molecule is CC(=O)c1cc(OCCCCO)cc(OS(C)(=O)=O)c1. The van der Waals surface area contributed by atoms with Crippen LogP contribution in [0.5, 0.6) is 11.5 Å². The summed E-state index contributed by atoms with van der Waals surface area (Å²) in [5.74, 6) is 0.177. The van der Waals surface area contributed by atoms with Gasteiger partial charge in [0.05, 0.1) is 12.9 Å². The zero-order valence-corrected chi connectivity index (χ0v) is 12.3. The third kappa shape index (κ3) is 6.03. The molecule has 0 heterocycles. The van der Waals surface area contributed by atoms with Crippen LogP contribution in [0.2, 0.25) is 0 Å². The minimum absolute atomic E-state index is 0.0392. The third-order valence-electron chi connectivity index (χ3n) is 2.36. The lowest BCUT2D eigenvalue weighted by atomic mass is 10.1. The maximum absolute atomic E-state index is 11.4. The summed E-state index contributed by atoms with van der Waals surface area (Å²) in [4.78, 5) is 11.4. The number of ether oxygens (including phenoxy) is 1. The molecule has 0 spiro atoms. The van der Waals surface area contributed by atoms with Crippen LogP contribution in [0.1, 0.15) is 30.1 Å². The van der Waals surface area contributed by atoms with E-state index in [1.54, 1.807) is 0 Å². The molecule has 1 aromatic carbocycles. The van der Waals surface area contributed by atoms with Gasteiger partial charge in [-0.2, -0.15) is 8.42 Å². The van der Waals surface area contributed by atoms with Gasteiger partial charge in [-0.1, -0.05) is 0 Å². The number of hydrogen-bond donors (Lipinski definition) is 1. The molecule has 0 unspecified atom stereocenters. The highest BCUT2D eigenvalue weighted by molar-refractivity contribution is 7.86. The van der Waals surface area contributed by atoms with Gasteiger partial charge in [0.2, 0.25) is 0 Å². The molecule has 0 aliphatic carbocycles. The summed E-state index contributed by atoms with van der Waals surface area (Å²) in [5.41, 5.74) is 0.309. The molecular formula is C13H18O6S. The van der Waals surface area contributed by atoms with Crippen molar-refractivity contribution in [1.29, 1.82) is 0 Å². The van der Waals surface area contributed by atoms with E-state index in [0.717, 1.165) is 6.26 Å². The molecule has 0 aromatic heterocycles. The number of rotatable bonds is 8. The Bertz CT molecular complexity index is 564. The molecular weight excluding hydrogens is 284 g/mol. The maximum Gasteiger partial charge on any atom is 0.306 e. The molecule has 0 atom stereocenters. The Labute approximate surface area is 118 Å². The first-order chi connectivity index (χ1) is 9.31. The molecule has 0 aliphatic rings. The lowest BCUT2D eigenvalue weighted by molar-refractivity contribution is 0.101. The van der Waals surface area contributed by atoms with E-state index in [-0.39, 0.29) is 18.1 Å². The van der Waals surface area contributed by atoms with Gasteiger partial charge in [0.25, 0.3) is 0 Å². The van der Waals surface area contributed by atoms with Crippen LogP contribution >= 0.6 is 0 Å². The fourth-order valence-corrected chi connectivity index (χ4v) is 1.93. The van der Waals surface area contributed by atoms with E-state index in [2.05, 4.69) is 0 Å². The predicted octanol–water partition coefficient (Wildman–Crippen LogP) is 1.38. The summed E-state index contributed by atoms with van der Waals surface area (Å²) in [6, 6.07) is 4.28. The lowest BCUT2D eigenvalue weighted by Gasteiger charge is -2.10. The van der Waals surface area contributed by atoms with Crippen molar-refractivity contribution in [3.8, 4) is 11.5 Å². The van der Waals surface area contributed by atoms with Crippen molar-refractivity contribution < 1.29 is 27.2 Å². The number of benzene rings is 1. The molecule has 1 N–H and O–H groups in total. The molecule has 0 fully saturated rings. The van der Waals surface area contributed by atoms with E-state index >= 15 is 0 Å². The Morgan fingerprint density at radius 1 is 1.20 bits per heavy atom. The summed E-state index contributed by atoms with van der Waals surface area (Å²) < 4.78 is 32.4. The van der Waals surface area contributed by atoms with Gasteiger partial charge in [-0.15, -0.1) is 0 Å². The molecule has 1 rings (SSSR count). The van der Waals surface area contributed by atoms with Crippen LogP contribution in [0.15, 0.2) is 18.2 Å². The second kappa shape index (κ2) is 7.25. The van der Waals surface area contributed by atoms with Crippen LogP contribution < -0.4 is 8.92 Å². The standard InChI is InChI=1S/C13H18O6S/c1-10(15)11-7-12(18-6-4-3-5-14)9-13(8-11)19-20(2,16)17/h7-9,14H,3-6H2,1-2H3.